The molecule has 0 spiro atoms. The van der Waals surface area contributed by atoms with Crippen molar-refractivity contribution in [2.24, 2.45) is 0 Å². The maximum absolute atomic E-state index is 9.13. The molecular weight excluding hydrogens is 344 g/mol. The molecule has 0 heterocycles. The molecule has 1 aliphatic rings. The van der Waals surface area contributed by atoms with Gasteiger partial charge in [0.1, 0.15) is 0 Å². The Kier molecular flexibility index (Phi) is 7.88. The summed E-state index contributed by atoms with van der Waals surface area (Å²) in [6, 6.07) is 15.8. The van der Waals surface area contributed by atoms with Crippen LogP contribution in [-0.2, 0) is 17.8 Å². The van der Waals surface area contributed by atoms with Crippen LogP contribution in [0.4, 0.5) is 0 Å². The van der Waals surface area contributed by atoms with Crippen LogP contribution in [-0.4, -0.2) is 18.3 Å². The summed E-state index contributed by atoms with van der Waals surface area (Å²) >= 11 is 0. The Morgan fingerprint density at radius 1 is 1.07 bits per heavy atom. The van der Waals surface area contributed by atoms with Crippen molar-refractivity contribution in [3.8, 4) is 11.1 Å². The molecule has 0 atom stereocenters. The van der Waals surface area contributed by atoms with E-state index in [9.17, 15) is 0 Å². The number of rotatable bonds is 9. The smallest absolute Gasteiger partial charge is 0.0727 e. The molecule has 3 rings (SSSR count). The largest absolute Gasteiger partial charge is 0.396 e. The molecule has 150 valence electrons. The maximum Gasteiger partial charge on any atom is 0.0727 e. The Hall–Kier alpha value is -1.90. The van der Waals surface area contributed by atoms with E-state index in [0.717, 1.165) is 24.3 Å². The summed E-state index contributed by atoms with van der Waals surface area (Å²) < 4.78 is 5.87. The first-order chi connectivity index (χ1) is 13.7. The zero-order valence-electron chi connectivity index (χ0n) is 17.3. The Morgan fingerprint density at radius 3 is 2.50 bits per heavy atom. The Labute approximate surface area is 170 Å². The van der Waals surface area contributed by atoms with Gasteiger partial charge >= 0.3 is 0 Å². The zero-order valence-corrected chi connectivity index (χ0v) is 17.3. The second kappa shape index (κ2) is 10.6. The lowest BCUT2D eigenvalue weighted by Gasteiger charge is -2.22. The van der Waals surface area contributed by atoms with E-state index in [1.165, 1.54) is 59.9 Å². The number of ether oxygens (including phenoxy) is 1. The number of hydrogen-bond donors (Lipinski definition) is 1. The van der Waals surface area contributed by atoms with Crippen molar-refractivity contribution in [1.82, 2.24) is 0 Å². The highest BCUT2D eigenvalue weighted by Crippen LogP contribution is 2.34. The molecule has 0 aliphatic heterocycles. The molecule has 2 aromatic rings. The van der Waals surface area contributed by atoms with Crippen LogP contribution in [0.1, 0.15) is 68.1 Å². The fourth-order valence-electron chi connectivity index (χ4n) is 4.19. The second-order valence-electron chi connectivity index (χ2n) is 8.23. The van der Waals surface area contributed by atoms with E-state index < -0.39 is 0 Å². The molecule has 1 saturated carbocycles. The Morgan fingerprint density at radius 2 is 1.82 bits per heavy atom. The van der Waals surface area contributed by atoms with E-state index in [-0.39, 0.29) is 6.61 Å². The monoisotopic (exact) mass is 378 g/mol. The summed E-state index contributed by atoms with van der Waals surface area (Å²) in [6.07, 6.45) is 8.48. The van der Waals surface area contributed by atoms with Gasteiger partial charge in [-0.1, -0.05) is 73.9 Å². The Bertz CT molecular complexity index is 755. The molecule has 1 N–H and O–H groups in total. The first kappa shape index (κ1) is 20.8. The van der Waals surface area contributed by atoms with E-state index in [0.29, 0.717) is 13.2 Å². The topological polar surface area (TPSA) is 29.5 Å². The summed E-state index contributed by atoms with van der Waals surface area (Å²) in [5.74, 6) is 0.738. The molecule has 0 radical (unpaired) electrons. The highest BCUT2D eigenvalue weighted by Gasteiger charge is 2.15. The van der Waals surface area contributed by atoms with Gasteiger partial charge in [0.15, 0.2) is 0 Å². The molecule has 0 amide bonds. The molecule has 1 aliphatic carbocycles. The number of benzene rings is 2. The SMILES string of the molecule is C=C(C)COCc1cc(CCCO)ccc1-c1ccc(C2CCCCC2)cc1. The molecular formula is C26H34O2. The van der Waals surface area contributed by atoms with Crippen molar-refractivity contribution < 1.29 is 9.84 Å². The van der Waals surface area contributed by atoms with Gasteiger partial charge in [-0.25, -0.2) is 0 Å². The first-order valence-corrected chi connectivity index (χ1v) is 10.7. The van der Waals surface area contributed by atoms with E-state index >= 15 is 0 Å². The summed E-state index contributed by atoms with van der Waals surface area (Å²) in [5.41, 5.74) is 7.48. The number of aliphatic hydroxyl groups is 1. The van der Waals surface area contributed by atoms with Crippen LogP contribution in [0, 0.1) is 0 Å². The van der Waals surface area contributed by atoms with Crippen molar-refractivity contribution in [2.75, 3.05) is 13.2 Å². The van der Waals surface area contributed by atoms with E-state index in [4.69, 9.17) is 9.84 Å². The summed E-state index contributed by atoms with van der Waals surface area (Å²) in [5, 5.41) is 9.13. The lowest BCUT2D eigenvalue weighted by Crippen LogP contribution is -2.04. The van der Waals surface area contributed by atoms with Crippen LogP contribution in [0.15, 0.2) is 54.6 Å². The third kappa shape index (κ3) is 5.80. The minimum atomic E-state index is 0.228. The summed E-state index contributed by atoms with van der Waals surface area (Å²) in [7, 11) is 0. The van der Waals surface area contributed by atoms with Crippen molar-refractivity contribution in [3.05, 3.63) is 71.3 Å². The minimum Gasteiger partial charge on any atom is -0.396 e. The van der Waals surface area contributed by atoms with Gasteiger partial charge in [-0.3, -0.25) is 0 Å². The van der Waals surface area contributed by atoms with Crippen LogP contribution < -0.4 is 0 Å². The maximum atomic E-state index is 9.13. The van der Waals surface area contributed by atoms with Gasteiger partial charge in [0.25, 0.3) is 0 Å². The number of hydrogen-bond acceptors (Lipinski definition) is 2. The normalized spacial score (nSPS) is 14.9. The lowest BCUT2D eigenvalue weighted by atomic mass is 9.83. The van der Waals surface area contributed by atoms with Gasteiger partial charge in [0, 0.05) is 6.61 Å². The van der Waals surface area contributed by atoms with Crippen LogP contribution in [0.3, 0.4) is 0 Å². The average Bonchev–Trinajstić information content (AvgIpc) is 2.73. The van der Waals surface area contributed by atoms with Gasteiger partial charge in [0.05, 0.1) is 13.2 Å². The molecule has 0 unspecified atom stereocenters. The minimum absolute atomic E-state index is 0.228. The molecule has 0 saturated heterocycles. The highest BCUT2D eigenvalue weighted by molar-refractivity contribution is 5.68. The van der Waals surface area contributed by atoms with Gasteiger partial charge < -0.3 is 9.84 Å². The van der Waals surface area contributed by atoms with Crippen LogP contribution in [0.25, 0.3) is 11.1 Å². The molecule has 0 aromatic heterocycles. The summed E-state index contributed by atoms with van der Waals surface area (Å²) in [6.45, 7) is 7.31. The molecule has 2 heteroatoms. The second-order valence-corrected chi connectivity index (χ2v) is 8.23. The van der Waals surface area contributed by atoms with E-state index in [1.807, 2.05) is 6.92 Å². The summed E-state index contributed by atoms with van der Waals surface area (Å²) in [4.78, 5) is 0. The van der Waals surface area contributed by atoms with Crippen molar-refractivity contribution in [2.45, 2.75) is 64.4 Å². The van der Waals surface area contributed by atoms with E-state index in [1.54, 1.807) is 0 Å². The predicted molar refractivity (Wildman–Crippen MR) is 118 cm³/mol. The van der Waals surface area contributed by atoms with Gasteiger partial charge in [-0.15, -0.1) is 0 Å². The van der Waals surface area contributed by atoms with Gasteiger partial charge in [0.2, 0.25) is 0 Å². The van der Waals surface area contributed by atoms with Crippen molar-refractivity contribution in [1.29, 1.82) is 0 Å². The predicted octanol–water partition coefficient (Wildman–Crippen LogP) is 6.42. The highest BCUT2D eigenvalue weighted by atomic mass is 16.5. The fraction of sp³-hybridized carbons (Fsp3) is 0.462. The lowest BCUT2D eigenvalue weighted by molar-refractivity contribution is 0.143. The standard InChI is InChI=1S/C26H34O2/c1-20(2)18-28-19-25-17-21(7-6-16-27)10-15-26(25)24-13-11-23(12-14-24)22-8-4-3-5-9-22/h10-15,17,22,27H,1,3-9,16,18-19H2,2H3. The number of aliphatic hydroxyl groups excluding tert-OH is 1. The third-order valence-electron chi connectivity index (χ3n) is 5.70. The van der Waals surface area contributed by atoms with Crippen LogP contribution in [0.2, 0.25) is 0 Å². The average molecular weight is 379 g/mol. The van der Waals surface area contributed by atoms with Crippen LogP contribution in [0.5, 0.6) is 0 Å². The molecule has 2 nitrogen and oxygen atoms in total. The first-order valence-electron chi connectivity index (χ1n) is 10.7. The molecule has 2 aromatic carbocycles. The quantitative estimate of drug-likeness (QED) is 0.510. The number of aryl methyl sites for hydroxylation is 1. The van der Waals surface area contributed by atoms with E-state index in [2.05, 4.69) is 49.0 Å². The molecule has 28 heavy (non-hydrogen) atoms. The van der Waals surface area contributed by atoms with Gasteiger partial charge in [-0.2, -0.15) is 0 Å². The molecule has 1 fully saturated rings. The fourth-order valence-corrected chi connectivity index (χ4v) is 4.19. The third-order valence-corrected chi connectivity index (χ3v) is 5.70. The zero-order chi connectivity index (χ0) is 19.8. The van der Waals surface area contributed by atoms with Crippen molar-refractivity contribution in [3.63, 3.8) is 0 Å². The van der Waals surface area contributed by atoms with Crippen molar-refractivity contribution >= 4 is 0 Å². The van der Waals surface area contributed by atoms with Crippen LogP contribution >= 0.6 is 0 Å². The van der Waals surface area contributed by atoms with Gasteiger partial charge in [-0.05, 0) is 66.3 Å². The Balaban J connectivity index is 1.80. The molecule has 0 bridgehead atoms.